The highest BCUT2D eigenvalue weighted by molar-refractivity contribution is 9.10. The molecule has 0 spiro atoms. The highest BCUT2D eigenvalue weighted by Gasteiger charge is 2.19. The number of benzene rings is 1. The number of anilines is 1. The second-order valence-corrected chi connectivity index (χ2v) is 6.40. The van der Waals surface area contributed by atoms with Gasteiger partial charge in [-0.25, -0.2) is 0 Å². The first-order valence-corrected chi connectivity index (χ1v) is 7.82. The molecule has 1 aromatic carbocycles. The normalized spacial score (nSPS) is 23.1. The average Bonchev–Trinajstić information content (AvgIpc) is 2.41. The van der Waals surface area contributed by atoms with Crippen LogP contribution < -0.4 is 10.2 Å². The summed E-state index contributed by atoms with van der Waals surface area (Å²) in [6, 6.07) is 7.70. The fraction of sp³-hybridized carbons (Fsp3) is 0.533. The third kappa shape index (κ3) is 4.96. The lowest BCUT2D eigenvalue weighted by Crippen LogP contribution is -3.13. The monoisotopic (exact) mass is 325 g/mol. The van der Waals surface area contributed by atoms with E-state index in [1.165, 1.54) is 25.9 Å². The molecule has 2 rings (SSSR count). The maximum atomic E-state index is 11.9. The number of halogens is 1. The molecule has 4 heteroatoms. The van der Waals surface area contributed by atoms with Gasteiger partial charge < -0.3 is 10.2 Å². The Bertz CT molecular complexity index is 411. The number of nitrogens with one attached hydrogen (secondary N) is 2. The zero-order valence-electron chi connectivity index (χ0n) is 11.4. The van der Waals surface area contributed by atoms with E-state index in [4.69, 9.17) is 0 Å². The van der Waals surface area contributed by atoms with Crippen LogP contribution in [0.1, 0.15) is 26.2 Å². The van der Waals surface area contributed by atoms with E-state index in [1.54, 1.807) is 4.90 Å². The molecule has 0 atom stereocenters. The zero-order chi connectivity index (χ0) is 13.7. The van der Waals surface area contributed by atoms with Crippen molar-refractivity contribution in [2.75, 3.05) is 25.0 Å². The molecular formula is C15H22BrN2O+. The van der Waals surface area contributed by atoms with Gasteiger partial charge in [0.25, 0.3) is 0 Å². The molecule has 1 amide bonds. The van der Waals surface area contributed by atoms with Gasteiger partial charge >= 0.3 is 0 Å². The van der Waals surface area contributed by atoms with Gasteiger partial charge in [-0.05, 0) is 43.0 Å². The largest absolute Gasteiger partial charge is 0.334 e. The third-order valence-electron chi connectivity index (χ3n) is 3.81. The van der Waals surface area contributed by atoms with Crippen molar-refractivity contribution in [2.45, 2.75) is 26.2 Å². The number of rotatable bonds is 4. The molecule has 19 heavy (non-hydrogen) atoms. The summed E-state index contributed by atoms with van der Waals surface area (Å²) >= 11 is 3.38. The van der Waals surface area contributed by atoms with Crippen molar-refractivity contribution in [1.82, 2.24) is 0 Å². The number of likely N-dealkylation sites (tertiary alicyclic amines) is 1. The van der Waals surface area contributed by atoms with Gasteiger partial charge in [0, 0.05) is 10.2 Å². The van der Waals surface area contributed by atoms with Crippen molar-refractivity contribution in [3.05, 3.63) is 28.7 Å². The van der Waals surface area contributed by atoms with Crippen LogP contribution in [0.15, 0.2) is 28.7 Å². The molecule has 0 saturated carbocycles. The summed E-state index contributed by atoms with van der Waals surface area (Å²) in [6.45, 7) is 5.70. The summed E-state index contributed by atoms with van der Waals surface area (Å²) in [6.07, 6.45) is 3.20. The number of quaternary nitrogens is 1. The van der Waals surface area contributed by atoms with Crippen LogP contribution >= 0.6 is 15.9 Å². The minimum atomic E-state index is 0.119. The Labute approximate surface area is 123 Å². The van der Waals surface area contributed by atoms with Crippen molar-refractivity contribution in [1.29, 1.82) is 0 Å². The predicted molar refractivity (Wildman–Crippen MR) is 81.4 cm³/mol. The fourth-order valence-electron chi connectivity index (χ4n) is 2.47. The van der Waals surface area contributed by atoms with Crippen LogP contribution in [0.25, 0.3) is 0 Å². The molecule has 2 N–H and O–H groups in total. The third-order valence-corrected chi connectivity index (χ3v) is 4.34. The van der Waals surface area contributed by atoms with E-state index in [1.807, 2.05) is 24.3 Å². The number of amides is 1. The molecule has 1 aromatic rings. The Morgan fingerprint density at radius 3 is 2.58 bits per heavy atom. The average molecular weight is 326 g/mol. The number of piperidine rings is 1. The molecule has 104 valence electrons. The van der Waals surface area contributed by atoms with Crippen molar-refractivity contribution in [3.8, 4) is 0 Å². The maximum Gasteiger partial charge on any atom is 0.230 e. The lowest BCUT2D eigenvalue weighted by Gasteiger charge is -2.27. The van der Waals surface area contributed by atoms with Crippen LogP contribution in [0.5, 0.6) is 0 Å². The molecule has 0 bridgehead atoms. The van der Waals surface area contributed by atoms with Crippen molar-refractivity contribution >= 4 is 27.5 Å². The Morgan fingerprint density at radius 2 is 1.95 bits per heavy atom. The maximum absolute atomic E-state index is 11.9. The molecule has 1 heterocycles. The SMILES string of the molecule is CC1CC[NH+](CCC(=O)Nc2ccc(Br)cc2)CC1. The lowest BCUT2D eigenvalue weighted by atomic mass is 9.99. The molecule has 1 fully saturated rings. The van der Waals surface area contributed by atoms with Gasteiger partial charge in [0.05, 0.1) is 26.1 Å². The van der Waals surface area contributed by atoms with Gasteiger partial charge in [-0.3, -0.25) is 4.79 Å². The molecular weight excluding hydrogens is 304 g/mol. The molecule has 1 saturated heterocycles. The Morgan fingerprint density at radius 1 is 1.32 bits per heavy atom. The quantitative estimate of drug-likeness (QED) is 0.873. The van der Waals surface area contributed by atoms with E-state index in [0.717, 1.165) is 22.6 Å². The summed E-state index contributed by atoms with van der Waals surface area (Å²) in [4.78, 5) is 13.4. The molecule has 0 radical (unpaired) electrons. The molecule has 0 unspecified atom stereocenters. The Balaban J connectivity index is 1.71. The first-order valence-electron chi connectivity index (χ1n) is 7.02. The first-order chi connectivity index (χ1) is 9.13. The van der Waals surface area contributed by atoms with Crippen LogP contribution in [0.4, 0.5) is 5.69 Å². The Hall–Kier alpha value is -0.870. The summed E-state index contributed by atoms with van der Waals surface area (Å²) in [5.74, 6) is 0.980. The minimum Gasteiger partial charge on any atom is -0.334 e. The van der Waals surface area contributed by atoms with Gasteiger partial charge in [0.1, 0.15) is 0 Å². The number of hydrogen-bond acceptors (Lipinski definition) is 1. The lowest BCUT2D eigenvalue weighted by molar-refractivity contribution is -0.905. The summed E-state index contributed by atoms with van der Waals surface area (Å²) < 4.78 is 1.03. The van der Waals surface area contributed by atoms with Crippen LogP contribution in [0, 0.1) is 5.92 Å². The standard InChI is InChI=1S/C15H21BrN2O/c1-12-6-9-18(10-7-12)11-8-15(19)17-14-4-2-13(16)3-5-14/h2-5,12H,6-11H2,1H3,(H,17,19)/p+1. The highest BCUT2D eigenvalue weighted by Crippen LogP contribution is 2.14. The number of carbonyl (C=O) groups excluding carboxylic acids is 1. The minimum absolute atomic E-state index is 0.119. The molecule has 1 aliphatic heterocycles. The second-order valence-electron chi connectivity index (χ2n) is 5.49. The molecule has 0 aromatic heterocycles. The second kappa shape index (κ2) is 7.06. The number of carbonyl (C=O) groups is 1. The zero-order valence-corrected chi connectivity index (χ0v) is 13.0. The Kier molecular flexibility index (Phi) is 5.40. The van der Waals surface area contributed by atoms with E-state index in [0.29, 0.717) is 6.42 Å². The van der Waals surface area contributed by atoms with Crippen LogP contribution in [0.3, 0.4) is 0 Å². The van der Waals surface area contributed by atoms with E-state index in [9.17, 15) is 4.79 Å². The molecule has 1 aliphatic rings. The fourth-order valence-corrected chi connectivity index (χ4v) is 2.73. The van der Waals surface area contributed by atoms with Crippen LogP contribution in [-0.4, -0.2) is 25.5 Å². The smallest absolute Gasteiger partial charge is 0.230 e. The van der Waals surface area contributed by atoms with E-state index < -0.39 is 0 Å². The number of hydrogen-bond donors (Lipinski definition) is 2. The topological polar surface area (TPSA) is 33.5 Å². The van der Waals surface area contributed by atoms with Crippen molar-refractivity contribution in [2.24, 2.45) is 5.92 Å². The van der Waals surface area contributed by atoms with Gasteiger partial charge in [0.2, 0.25) is 5.91 Å². The van der Waals surface area contributed by atoms with E-state index in [-0.39, 0.29) is 5.91 Å². The van der Waals surface area contributed by atoms with E-state index in [2.05, 4.69) is 28.2 Å². The van der Waals surface area contributed by atoms with Crippen LogP contribution in [0.2, 0.25) is 0 Å². The van der Waals surface area contributed by atoms with Gasteiger partial charge in [-0.2, -0.15) is 0 Å². The molecule has 3 nitrogen and oxygen atoms in total. The van der Waals surface area contributed by atoms with Gasteiger partial charge in [0.15, 0.2) is 0 Å². The van der Waals surface area contributed by atoms with Gasteiger partial charge in [-0.15, -0.1) is 0 Å². The van der Waals surface area contributed by atoms with E-state index >= 15 is 0 Å². The van der Waals surface area contributed by atoms with Gasteiger partial charge in [-0.1, -0.05) is 22.9 Å². The molecule has 0 aliphatic carbocycles. The summed E-state index contributed by atoms with van der Waals surface area (Å²) in [5, 5.41) is 2.94. The van der Waals surface area contributed by atoms with Crippen molar-refractivity contribution in [3.63, 3.8) is 0 Å². The van der Waals surface area contributed by atoms with Crippen molar-refractivity contribution < 1.29 is 9.69 Å². The first kappa shape index (κ1) is 14.5. The summed E-state index contributed by atoms with van der Waals surface area (Å²) in [7, 11) is 0. The highest BCUT2D eigenvalue weighted by atomic mass is 79.9. The predicted octanol–water partition coefficient (Wildman–Crippen LogP) is 2.09. The summed E-state index contributed by atoms with van der Waals surface area (Å²) in [5.41, 5.74) is 0.871. The van der Waals surface area contributed by atoms with Crippen LogP contribution in [-0.2, 0) is 4.79 Å².